The highest BCUT2D eigenvalue weighted by molar-refractivity contribution is 7.95. The molecule has 1 heterocycles. The van der Waals surface area contributed by atoms with Gasteiger partial charge in [0.05, 0.1) is 23.2 Å². The summed E-state index contributed by atoms with van der Waals surface area (Å²) in [6.45, 7) is 0.447. The van der Waals surface area contributed by atoms with Gasteiger partial charge in [-0.3, -0.25) is 4.31 Å². The van der Waals surface area contributed by atoms with E-state index in [2.05, 4.69) is 5.32 Å². The quantitative estimate of drug-likeness (QED) is 0.738. The Labute approximate surface area is 162 Å². The molecule has 2 aromatic carbocycles. The Balaban J connectivity index is 1.61. The molecule has 28 heavy (non-hydrogen) atoms. The highest BCUT2D eigenvalue weighted by atomic mass is 32.2. The van der Waals surface area contributed by atoms with E-state index in [1.807, 2.05) is 0 Å². The number of aliphatic hydroxyl groups excluding tert-OH is 1. The van der Waals surface area contributed by atoms with Gasteiger partial charge in [-0.25, -0.2) is 13.1 Å². The van der Waals surface area contributed by atoms with Crippen LogP contribution < -0.4 is 13.9 Å². The topological polar surface area (TPSA) is 72.9 Å². The maximum Gasteiger partial charge on any atom is 0.331 e. The van der Waals surface area contributed by atoms with Crippen molar-refractivity contribution in [2.75, 3.05) is 21.7 Å². The molecule has 2 aromatic rings. The summed E-state index contributed by atoms with van der Waals surface area (Å²) in [6.07, 6.45) is 1.73. The van der Waals surface area contributed by atoms with Crippen LogP contribution in [0.1, 0.15) is 19.3 Å². The first kappa shape index (κ1) is 19.1. The lowest BCUT2D eigenvalue weighted by Crippen LogP contribution is -2.38. The molecule has 0 saturated heterocycles. The Morgan fingerprint density at radius 2 is 1.82 bits per heavy atom. The zero-order valence-corrected chi connectivity index (χ0v) is 15.9. The summed E-state index contributed by atoms with van der Waals surface area (Å²) in [4.78, 5) is 0. The molecule has 2 N–H and O–H groups in total. The Morgan fingerprint density at radius 3 is 2.50 bits per heavy atom. The van der Waals surface area contributed by atoms with Crippen molar-refractivity contribution in [2.45, 2.75) is 31.4 Å². The van der Waals surface area contributed by atoms with Crippen LogP contribution in [0, 0.1) is 11.6 Å². The summed E-state index contributed by atoms with van der Waals surface area (Å²) in [6, 6.07) is 9.77. The monoisotopic (exact) mass is 409 g/mol. The maximum absolute atomic E-state index is 14.3. The standard InChI is InChI=1S/C19H21F2N3O3S/c20-13-5-8-17(16(21)11-13)24-19-4-2-1-3-18(19)23(28(24,26)27)10-9-15(25)12-22-14-6-7-14/h1-5,8,11,14-15,22,25H,6-7,9-10,12H2/t15-/m0/s1. The van der Waals surface area contributed by atoms with Crippen LogP contribution in [-0.2, 0) is 10.2 Å². The molecule has 1 aliphatic heterocycles. The second kappa shape index (κ2) is 7.31. The van der Waals surface area contributed by atoms with E-state index >= 15 is 0 Å². The summed E-state index contributed by atoms with van der Waals surface area (Å²) in [5.74, 6) is -1.75. The minimum Gasteiger partial charge on any atom is -0.392 e. The number of nitrogens with one attached hydrogen (secondary N) is 1. The summed E-state index contributed by atoms with van der Waals surface area (Å²) in [5.41, 5.74) is 0.444. The van der Waals surface area contributed by atoms with Gasteiger partial charge in [0, 0.05) is 25.2 Å². The number of fused-ring (bicyclic) bond motifs is 1. The normalized spacial score (nSPS) is 19.0. The predicted octanol–water partition coefficient (Wildman–Crippen LogP) is 2.67. The highest BCUT2D eigenvalue weighted by Gasteiger charge is 2.42. The number of rotatable bonds is 7. The van der Waals surface area contributed by atoms with Crippen LogP contribution in [0.5, 0.6) is 0 Å². The third-order valence-corrected chi connectivity index (χ3v) is 6.68. The van der Waals surface area contributed by atoms with Gasteiger partial charge in [-0.1, -0.05) is 12.1 Å². The first-order valence-corrected chi connectivity index (χ1v) is 10.6. The van der Waals surface area contributed by atoms with Crippen molar-refractivity contribution >= 4 is 27.3 Å². The molecule has 6 nitrogen and oxygen atoms in total. The van der Waals surface area contributed by atoms with E-state index in [0.717, 1.165) is 33.6 Å². The smallest absolute Gasteiger partial charge is 0.331 e. The highest BCUT2D eigenvalue weighted by Crippen LogP contribution is 2.45. The molecule has 1 fully saturated rings. The van der Waals surface area contributed by atoms with E-state index in [-0.39, 0.29) is 18.7 Å². The van der Waals surface area contributed by atoms with E-state index < -0.39 is 27.9 Å². The number of halogens is 2. The molecular weight excluding hydrogens is 388 g/mol. The average molecular weight is 409 g/mol. The largest absolute Gasteiger partial charge is 0.392 e. The number of nitrogens with zero attached hydrogens (tertiary/aromatic N) is 2. The van der Waals surface area contributed by atoms with Crippen LogP contribution in [0.2, 0.25) is 0 Å². The summed E-state index contributed by atoms with van der Waals surface area (Å²) >= 11 is 0. The van der Waals surface area contributed by atoms with Gasteiger partial charge in [0.25, 0.3) is 0 Å². The molecular formula is C19H21F2N3O3S. The summed E-state index contributed by atoms with van der Waals surface area (Å²) in [5, 5.41) is 13.4. The Hall–Kier alpha value is -2.23. The molecule has 0 bridgehead atoms. The molecule has 0 spiro atoms. The van der Waals surface area contributed by atoms with Crippen molar-refractivity contribution in [2.24, 2.45) is 0 Å². The molecule has 0 aromatic heterocycles. The molecule has 0 unspecified atom stereocenters. The van der Waals surface area contributed by atoms with Gasteiger partial charge in [0.1, 0.15) is 5.82 Å². The lowest BCUT2D eigenvalue weighted by Gasteiger charge is -2.23. The molecule has 150 valence electrons. The molecule has 2 aliphatic rings. The van der Waals surface area contributed by atoms with Crippen molar-refractivity contribution < 1.29 is 22.3 Å². The first-order chi connectivity index (χ1) is 13.4. The Kier molecular flexibility index (Phi) is 4.98. The van der Waals surface area contributed by atoms with Crippen LogP contribution in [-0.4, -0.2) is 38.8 Å². The van der Waals surface area contributed by atoms with Gasteiger partial charge in [0.2, 0.25) is 0 Å². The van der Waals surface area contributed by atoms with Crippen LogP contribution in [0.3, 0.4) is 0 Å². The molecule has 1 saturated carbocycles. The lowest BCUT2D eigenvalue weighted by molar-refractivity contribution is 0.164. The predicted molar refractivity (Wildman–Crippen MR) is 103 cm³/mol. The van der Waals surface area contributed by atoms with Crippen molar-refractivity contribution in [1.29, 1.82) is 0 Å². The van der Waals surface area contributed by atoms with Crippen molar-refractivity contribution in [1.82, 2.24) is 5.32 Å². The van der Waals surface area contributed by atoms with E-state index in [0.29, 0.717) is 30.0 Å². The second-order valence-electron chi connectivity index (χ2n) is 7.05. The first-order valence-electron chi connectivity index (χ1n) is 9.16. The number of para-hydroxylation sites is 2. The SMILES string of the molecule is O=S1(=O)N(CC[C@H](O)CNC2CC2)c2ccccc2N1c1ccc(F)cc1F. The fraction of sp³-hybridized carbons (Fsp3) is 0.368. The third-order valence-electron chi connectivity index (χ3n) is 4.89. The number of aliphatic hydroxyl groups is 1. The Morgan fingerprint density at radius 1 is 1.11 bits per heavy atom. The second-order valence-corrected chi connectivity index (χ2v) is 8.76. The number of benzene rings is 2. The number of hydrogen-bond acceptors (Lipinski definition) is 4. The van der Waals surface area contributed by atoms with Crippen LogP contribution in [0.25, 0.3) is 0 Å². The van der Waals surface area contributed by atoms with E-state index in [4.69, 9.17) is 0 Å². The molecule has 4 rings (SSSR count). The lowest BCUT2D eigenvalue weighted by atomic mass is 10.2. The minimum atomic E-state index is -4.12. The molecule has 0 radical (unpaired) electrons. The summed E-state index contributed by atoms with van der Waals surface area (Å²) in [7, 11) is -4.12. The van der Waals surface area contributed by atoms with Gasteiger partial charge < -0.3 is 10.4 Å². The number of hydrogen-bond donors (Lipinski definition) is 2. The molecule has 1 aliphatic carbocycles. The molecule has 1 atom stereocenters. The average Bonchev–Trinajstić information content (AvgIpc) is 3.44. The van der Waals surface area contributed by atoms with Gasteiger partial charge in [0.15, 0.2) is 5.82 Å². The van der Waals surface area contributed by atoms with E-state index in [1.165, 1.54) is 0 Å². The van der Waals surface area contributed by atoms with Crippen molar-refractivity contribution in [3.8, 4) is 0 Å². The van der Waals surface area contributed by atoms with Gasteiger partial charge in [-0.05, 0) is 43.5 Å². The summed E-state index contributed by atoms with van der Waals surface area (Å²) < 4.78 is 56.0. The minimum absolute atomic E-state index is 0.0478. The number of anilines is 3. The maximum atomic E-state index is 14.3. The zero-order chi connectivity index (χ0) is 19.9. The fourth-order valence-corrected chi connectivity index (χ4v) is 5.02. The van der Waals surface area contributed by atoms with Crippen molar-refractivity contribution in [3.05, 3.63) is 54.1 Å². The molecule has 9 heteroatoms. The Bertz CT molecular complexity index is 982. The van der Waals surface area contributed by atoms with E-state index in [9.17, 15) is 22.3 Å². The third kappa shape index (κ3) is 3.57. The van der Waals surface area contributed by atoms with Crippen LogP contribution in [0.4, 0.5) is 25.8 Å². The fourth-order valence-electron chi connectivity index (χ4n) is 3.29. The van der Waals surface area contributed by atoms with Gasteiger partial charge >= 0.3 is 10.2 Å². The van der Waals surface area contributed by atoms with Crippen molar-refractivity contribution in [3.63, 3.8) is 0 Å². The van der Waals surface area contributed by atoms with Crippen LogP contribution in [0.15, 0.2) is 42.5 Å². The zero-order valence-electron chi connectivity index (χ0n) is 15.1. The van der Waals surface area contributed by atoms with Gasteiger partial charge in [-0.2, -0.15) is 8.42 Å². The van der Waals surface area contributed by atoms with Gasteiger partial charge in [-0.15, -0.1) is 0 Å². The van der Waals surface area contributed by atoms with E-state index in [1.54, 1.807) is 24.3 Å². The van der Waals surface area contributed by atoms with Crippen LogP contribution >= 0.6 is 0 Å². The molecule has 0 amide bonds.